The van der Waals surface area contributed by atoms with Gasteiger partial charge in [0.15, 0.2) is 0 Å². The molecule has 0 spiro atoms. The van der Waals surface area contributed by atoms with E-state index in [0.717, 1.165) is 49.8 Å². The fraction of sp³-hybridized carbons (Fsp3) is 0.600. The van der Waals surface area contributed by atoms with Gasteiger partial charge in [-0.1, -0.05) is 56.9 Å². The van der Waals surface area contributed by atoms with Gasteiger partial charge in [-0.25, -0.2) is 0 Å². The molecule has 150 valence electrons. The number of hydrogen-bond acceptors (Lipinski definition) is 2. The molecule has 0 amide bonds. The van der Waals surface area contributed by atoms with Crippen molar-refractivity contribution in [3.63, 3.8) is 0 Å². The van der Waals surface area contributed by atoms with Crippen LogP contribution in [0.5, 0.6) is 11.5 Å². The summed E-state index contributed by atoms with van der Waals surface area (Å²) in [5.41, 5.74) is 4.72. The molecule has 0 heterocycles. The largest absolute Gasteiger partial charge is 0.507 e. The maximum absolute atomic E-state index is 11.0. The van der Waals surface area contributed by atoms with E-state index in [9.17, 15) is 5.11 Å². The molecule has 0 fully saturated rings. The Morgan fingerprint density at radius 3 is 2.59 bits per heavy atom. The molecule has 0 aromatic heterocycles. The predicted octanol–water partition coefficient (Wildman–Crippen LogP) is 7.32. The molecule has 0 saturated carbocycles. The number of aryl methyl sites for hydroxylation is 1. The van der Waals surface area contributed by atoms with Crippen molar-refractivity contribution in [1.82, 2.24) is 0 Å². The van der Waals surface area contributed by atoms with E-state index in [2.05, 4.69) is 46.4 Å². The second kappa shape index (κ2) is 10.6. The number of unbranched alkanes of at least 4 members (excludes halogenated alkanes) is 3. The van der Waals surface area contributed by atoms with Gasteiger partial charge in [0.25, 0.3) is 0 Å². The molecular formula is C25H38O2. The van der Waals surface area contributed by atoms with Crippen molar-refractivity contribution in [2.75, 3.05) is 6.61 Å². The second-order valence-electron chi connectivity index (χ2n) is 8.22. The predicted molar refractivity (Wildman–Crippen MR) is 116 cm³/mol. The highest BCUT2D eigenvalue weighted by Crippen LogP contribution is 2.47. The highest BCUT2D eigenvalue weighted by Gasteiger charge is 2.30. The van der Waals surface area contributed by atoms with E-state index in [1.807, 2.05) is 6.07 Å². The van der Waals surface area contributed by atoms with Gasteiger partial charge in [0.2, 0.25) is 0 Å². The molecule has 0 aliphatic heterocycles. The number of phenols is 1. The lowest BCUT2D eigenvalue weighted by molar-refractivity contribution is 0.299. The molecule has 2 atom stereocenters. The Balaban J connectivity index is 2.41. The van der Waals surface area contributed by atoms with Gasteiger partial charge in [-0.3, -0.25) is 0 Å². The summed E-state index contributed by atoms with van der Waals surface area (Å²) in [4.78, 5) is 0. The first kappa shape index (κ1) is 21.6. The first-order valence-corrected chi connectivity index (χ1v) is 10.8. The average molecular weight is 371 g/mol. The first-order valence-electron chi connectivity index (χ1n) is 10.8. The van der Waals surface area contributed by atoms with Crippen molar-refractivity contribution in [1.29, 1.82) is 0 Å². The standard InChI is InChI=1S/C25H38O2/c1-6-8-10-11-20-16-23(26)25(24(17-20)27-14-9-7-2)22-15-19(5)12-13-21(22)18(3)4/h15-17,21-22,26H,3,6-14H2,1-2,4-5H3. The summed E-state index contributed by atoms with van der Waals surface area (Å²) >= 11 is 0. The minimum Gasteiger partial charge on any atom is -0.507 e. The minimum atomic E-state index is 0.151. The lowest BCUT2D eigenvalue weighted by atomic mass is 9.73. The molecule has 1 aromatic carbocycles. The zero-order valence-electron chi connectivity index (χ0n) is 17.8. The second-order valence-corrected chi connectivity index (χ2v) is 8.22. The van der Waals surface area contributed by atoms with Crippen molar-refractivity contribution >= 4 is 0 Å². The lowest BCUT2D eigenvalue weighted by Crippen LogP contribution is -2.18. The quantitative estimate of drug-likeness (QED) is 0.345. The van der Waals surface area contributed by atoms with E-state index in [1.54, 1.807) is 0 Å². The van der Waals surface area contributed by atoms with Crippen LogP contribution in [0.25, 0.3) is 0 Å². The van der Waals surface area contributed by atoms with E-state index < -0.39 is 0 Å². The average Bonchev–Trinajstić information content (AvgIpc) is 2.61. The molecule has 2 heteroatoms. The fourth-order valence-corrected chi connectivity index (χ4v) is 4.08. The number of allylic oxidation sites excluding steroid dienone is 3. The first-order chi connectivity index (χ1) is 13.0. The van der Waals surface area contributed by atoms with Gasteiger partial charge in [-0.15, -0.1) is 0 Å². The molecule has 2 unspecified atom stereocenters. The van der Waals surface area contributed by atoms with E-state index in [1.165, 1.54) is 29.6 Å². The summed E-state index contributed by atoms with van der Waals surface area (Å²) in [6.07, 6.45) is 11.2. The third-order valence-electron chi connectivity index (χ3n) is 5.72. The molecule has 2 rings (SSSR count). The highest BCUT2D eigenvalue weighted by molar-refractivity contribution is 5.52. The summed E-state index contributed by atoms with van der Waals surface area (Å²) in [5, 5.41) is 11.0. The van der Waals surface area contributed by atoms with Gasteiger partial charge in [0.1, 0.15) is 11.5 Å². The Kier molecular flexibility index (Phi) is 8.47. The Bertz CT molecular complexity index is 657. The van der Waals surface area contributed by atoms with E-state index in [0.29, 0.717) is 18.3 Å². The van der Waals surface area contributed by atoms with Gasteiger partial charge in [0.05, 0.1) is 6.61 Å². The topological polar surface area (TPSA) is 29.5 Å². The van der Waals surface area contributed by atoms with Crippen LogP contribution < -0.4 is 4.74 Å². The summed E-state index contributed by atoms with van der Waals surface area (Å²) < 4.78 is 6.20. The van der Waals surface area contributed by atoms with E-state index in [4.69, 9.17) is 4.74 Å². The van der Waals surface area contributed by atoms with Crippen LogP contribution >= 0.6 is 0 Å². The van der Waals surface area contributed by atoms with Crippen molar-refractivity contribution in [2.24, 2.45) is 5.92 Å². The van der Waals surface area contributed by atoms with Gasteiger partial charge in [0, 0.05) is 11.5 Å². The smallest absolute Gasteiger partial charge is 0.127 e. The van der Waals surface area contributed by atoms with Crippen molar-refractivity contribution in [3.8, 4) is 11.5 Å². The third-order valence-corrected chi connectivity index (χ3v) is 5.72. The molecule has 0 radical (unpaired) electrons. The van der Waals surface area contributed by atoms with Crippen LogP contribution in [0, 0.1) is 5.92 Å². The van der Waals surface area contributed by atoms with Gasteiger partial charge < -0.3 is 9.84 Å². The normalized spacial score (nSPS) is 19.6. The molecule has 1 aliphatic carbocycles. The number of hydrogen-bond donors (Lipinski definition) is 1. The number of benzene rings is 1. The van der Waals surface area contributed by atoms with Crippen LogP contribution in [-0.4, -0.2) is 11.7 Å². The molecule has 0 bridgehead atoms. The zero-order valence-corrected chi connectivity index (χ0v) is 17.8. The van der Waals surface area contributed by atoms with Crippen molar-refractivity contribution in [2.45, 2.75) is 85.0 Å². The Morgan fingerprint density at radius 2 is 1.93 bits per heavy atom. The van der Waals surface area contributed by atoms with Gasteiger partial charge in [-0.2, -0.15) is 0 Å². The van der Waals surface area contributed by atoms with Crippen molar-refractivity contribution < 1.29 is 9.84 Å². The Morgan fingerprint density at radius 1 is 1.19 bits per heavy atom. The van der Waals surface area contributed by atoms with Crippen LogP contribution in [0.15, 0.2) is 35.9 Å². The molecule has 1 N–H and O–H groups in total. The summed E-state index contributed by atoms with van der Waals surface area (Å²) in [6, 6.07) is 4.14. The van der Waals surface area contributed by atoms with Crippen LogP contribution in [0.2, 0.25) is 0 Å². The van der Waals surface area contributed by atoms with Crippen LogP contribution in [0.1, 0.15) is 89.7 Å². The van der Waals surface area contributed by atoms with Crippen LogP contribution in [-0.2, 0) is 6.42 Å². The molecule has 1 aliphatic rings. The molecule has 0 saturated heterocycles. The van der Waals surface area contributed by atoms with E-state index >= 15 is 0 Å². The van der Waals surface area contributed by atoms with E-state index in [-0.39, 0.29) is 5.92 Å². The fourth-order valence-electron chi connectivity index (χ4n) is 4.08. The van der Waals surface area contributed by atoms with Gasteiger partial charge >= 0.3 is 0 Å². The summed E-state index contributed by atoms with van der Waals surface area (Å²) in [6.45, 7) is 13.6. The van der Waals surface area contributed by atoms with Crippen LogP contribution in [0.3, 0.4) is 0 Å². The summed E-state index contributed by atoms with van der Waals surface area (Å²) in [7, 11) is 0. The monoisotopic (exact) mass is 370 g/mol. The molecule has 2 nitrogen and oxygen atoms in total. The molecular weight excluding hydrogens is 332 g/mol. The Labute approximate surface area is 166 Å². The highest BCUT2D eigenvalue weighted by atomic mass is 16.5. The number of rotatable bonds is 10. The SMILES string of the molecule is C=C(C)C1CCC(C)=CC1c1c(O)cc(CCCCC)cc1OCCCC. The maximum atomic E-state index is 11.0. The zero-order chi connectivity index (χ0) is 19.8. The molecule has 1 aromatic rings. The van der Waals surface area contributed by atoms with Crippen molar-refractivity contribution in [3.05, 3.63) is 47.1 Å². The maximum Gasteiger partial charge on any atom is 0.127 e. The minimum absolute atomic E-state index is 0.151. The molecule has 27 heavy (non-hydrogen) atoms. The third kappa shape index (κ3) is 5.89. The number of phenolic OH excluding ortho intramolecular Hbond substituents is 1. The summed E-state index contributed by atoms with van der Waals surface area (Å²) in [5.74, 6) is 1.77. The Hall–Kier alpha value is -1.70. The van der Waals surface area contributed by atoms with Crippen LogP contribution in [0.4, 0.5) is 0 Å². The number of aromatic hydroxyl groups is 1. The van der Waals surface area contributed by atoms with Gasteiger partial charge in [-0.05, 0) is 69.6 Å². The lowest BCUT2D eigenvalue weighted by Gasteiger charge is -2.32. The number of ether oxygens (including phenoxy) is 1.